The number of nitrogens with zero attached hydrogens (tertiary/aromatic N) is 1. The van der Waals surface area contributed by atoms with Crippen molar-refractivity contribution in [2.45, 2.75) is 101 Å². The predicted molar refractivity (Wildman–Crippen MR) is 128 cm³/mol. The van der Waals surface area contributed by atoms with Crippen molar-refractivity contribution in [3.8, 4) is 11.5 Å². The first-order valence-corrected chi connectivity index (χ1v) is 13.7. The van der Waals surface area contributed by atoms with Gasteiger partial charge in [-0.15, -0.1) is 0 Å². The molecule has 7 atom stereocenters. The third-order valence-electron chi connectivity index (χ3n) is 12.1. The molecule has 3 aliphatic heterocycles. The molecule has 4 bridgehead atoms. The van der Waals surface area contributed by atoms with Gasteiger partial charge in [0.1, 0.15) is 18.5 Å². The molecule has 9 rings (SSSR count). The number of piperidine rings is 1. The predicted octanol–water partition coefficient (Wildman–Crippen LogP) is 4.78. The molecule has 184 valence electrons. The highest BCUT2D eigenvalue weighted by molar-refractivity contribution is 5.63. The fourth-order valence-corrected chi connectivity index (χ4v) is 10.0. The zero-order valence-corrected chi connectivity index (χ0v) is 21.2. The molecular weight excluding hydrogens is 426 g/mol. The first-order valence-electron chi connectivity index (χ1n) is 13.7. The van der Waals surface area contributed by atoms with E-state index in [1.165, 1.54) is 36.9 Å². The Balaban J connectivity index is 1.38. The van der Waals surface area contributed by atoms with Crippen LogP contribution in [0.5, 0.6) is 11.5 Å². The highest BCUT2D eigenvalue weighted by Gasteiger charge is 2.83. The second kappa shape index (κ2) is 5.98. The maximum absolute atomic E-state index is 11.0. The molecule has 0 aromatic heterocycles. The van der Waals surface area contributed by atoms with Crippen molar-refractivity contribution >= 4 is 0 Å². The van der Waals surface area contributed by atoms with Crippen molar-refractivity contribution in [2.24, 2.45) is 22.7 Å². The summed E-state index contributed by atoms with van der Waals surface area (Å²) in [6.07, 6.45) is 8.35. The molecule has 1 aromatic rings. The van der Waals surface area contributed by atoms with Crippen molar-refractivity contribution in [3.05, 3.63) is 23.3 Å². The van der Waals surface area contributed by atoms with E-state index in [4.69, 9.17) is 14.2 Å². The molecule has 1 N–H and O–H groups in total. The Hall–Kier alpha value is -1.30. The van der Waals surface area contributed by atoms with Crippen LogP contribution in [0.25, 0.3) is 0 Å². The largest absolute Gasteiger partial charge is 0.504 e. The van der Waals surface area contributed by atoms with Crippen LogP contribution in [-0.2, 0) is 21.3 Å². The monoisotopic (exact) mass is 465 g/mol. The fourth-order valence-electron chi connectivity index (χ4n) is 10.0. The van der Waals surface area contributed by atoms with Gasteiger partial charge in [0.2, 0.25) is 0 Å². The Labute approximate surface area is 203 Å². The number of rotatable bonds is 2. The van der Waals surface area contributed by atoms with Crippen molar-refractivity contribution in [2.75, 3.05) is 19.9 Å². The minimum atomic E-state index is -0.356. The van der Waals surface area contributed by atoms with E-state index in [1.807, 2.05) is 6.07 Å². The van der Waals surface area contributed by atoms with E-state index in [0.717, 1.165) is 43.9 Å². The van der Waals surface area contributed by atoms with Gasteiger partial charge in [0.25, 0.3) is 0 Å². The lowest BCUT2D eigenvalue weighted by molar-refractivity contribution is -0.389. The van der Waals surface area contributed by atoms with Gasteiger partial charge < -0.3 is 19.3 Å². The van der Waals surface area contributed by atoms with Gasteiger partial charge in [-0.2, -0.15) is 0 Å². The second-order valence-electron chi connectivity index (χ2n) is 14.0. The molecule has 1 aromatic carbocycles. The van der Waals surface area contributed by atoms with Crippen LogP contribution in [0.2, 0.25) is 0 Å². The summed E-state index contributed by atoms with van der Waals surface area (Å²) in [4.78, 5) is 2.88. The number of hydrogen-bond donors (Lipinski definition) is 1. The normalized spacial score (nSPS) is 48.3. The topological polar surface area (TPSA) is 51.2 Å². The zero-order valence-electron chi connectivity index (χ0n) is 21.2. The number of phenolic OH excluding ortho intramolecular Hbond substituents is 1. The number of ether oxygens (including phenoxy) is 3. The molecule has 6 fully saturated rings. The molecule has 0 unspecified atom stereocenters. The van der Waals surface area contributed by atoms with Crippen LogP contribution in [0.4, 0.5) is 0 Å². The Morgan fingerprint density at radius 3 is 2.71 bits per heavy atom. The number of aromatic hydroxyl groups is 1. The summed E-state index contributed by atoms with van der Waals surface area (Å²) in [7, 11) is 0. The Kier molecular flexibility index (Phi) is 3.67. The lowest BCUT2D eigenvalue weighted by Crippen LogP contribution is -2.84. The molecule has 5 heteroatoms. The van der Waals surface area contributed by atoms with Crippen LogP contribution >= 0.6 is 0 Å². The molecule has 4 saturated carbocycles. The number of phenols is 1. The summed E-state index contributed by atoms with van der Waals surface area (Å²) in [5.41, 5.74) is 2.22. The SMILES string of the molecule is CC(C)(C)[C@@]1(C)OCO[C@]23CC[C@@]4(C[C@@H]21)[C@@H]1Cc2ccc(O)c5c2[C@@]4(CCN1CC1CC1)[C@H]3O5. The molecule has 5 aliphatic carbocycles. The standard InChI is InChI=1S/C29H39NO4/c1-25(2,3)26(4)20-14-27-9-10-29(20,33-16-32-26)24-28(27)11-12-30(15-17-5-6-17)21(27)13-18-7-8-19(31)23(34-24)22(18)28/h7-8,17,20-21,24,31H,5-6,9-16H2,1-4H3/t20-,21+,24-,26+,27-,28+,29-/m1/s1. The van der Waals surface area contributed by atoms with E-state index >= 15 is 0 Å². The van der Waals surface area contributed by atoms with E-state index in [-0.39, 0.29) is 39.5 Å². The average Bonchev–Trinajstić information content (AvgIpc) is 3.53. The average molecular weight is 466 g/mol. The minimum Gasteiger partial charge on any atom is -0.504 e. The highest BCUT2D eigenvalue weighted by atomic mass is 16.7. The third kappa shape index (κ3) is 2.06. The van der Waals surface area contributed by atoms with Gasteiger partial charge in [0.05, 0.1) is 5.60 Å². The van der Waals surface area contributed by atoms with Crippen molar-refractivity contribution in [1.29, 1.82) is 0 Å². The number of fused-ring (bicyclic) bond motifs is 1. The smallest absolute Gasteiger partial charge is 0.165 e. The van der Waals surface area contributed by atoms with E-state index < -0.39 is 0 Å². The van der Waals surface area contributed by atoms with Crippen LogP contribution in [0, 0.1) is 22.7 Å². The molecule has 8 aliphatic rings. The summed E-state index contributed by atoms with van der Waals surface area (Å²) < 4.78 is 20.4. The van der Waals surface area contributed by atoms with E-state index in [9.17, 15) is 5.11 Å². The van der Waals surface area contributed by atoms with E-state index in [2.05, 4.69) is 38.7 Å². The Morgan fingerprint density at radius 2 is 1.94 bits per heavy atom. The van der Waals surface area contributed by atoms with Crippen molar-refractivity contribution < 1.29 is 19.3 Å². The zero-order chi connectivity index (χ0) is 23.3. The molecule has 0 amide bonds. The van der Waals surface area contributed by atoms with Crippen LogP contribution in [0.3, 0.4) is 0 Å². The minimum absolute atomic E-state index is 0.00797. The van der Waals surface area contributed by atoms with Crippen LogP contribution in [0.15, 0.2) is 12.1 Å². The summed E-state index contributed by atoms with van der Waals surface area (Å²) in [5.74, 6) is 2.26. The summed E-state index contributed by atoms with van der Waals surface area (Å²) in [5, 5.41) is 11.0. The highest BCUT2D eigenvalue weighted by Crippen LogP contribution is 2.78. The summed E-state index contributed by atoms with van der Waals surface area (Å²) >= 11 is 0. The van der Waals surface area contributed by atoms with Gasteiger partial charge in [-0.3, -0.25) is 4.90 Å². The molecule has 34 heavy (non-hydrogen) atoms. The molecule has 3 heterocycles. The lowest BCUT2D eigenvalue weighted by atomic mass is 9.33. The Morgan fingerprint density at radius 1 is 1.12 bits per heavy atom. The molecule has 0 radical (unpaired) electrons. The maximum Gasteiger partial charge on any atom is 0.165 e. The summed E-state index contributed by atoms with van der Waals surface area (Å²) in [6.45, 7) is 12.1. The maximum atomic E-state index is 11.0. The second-order valence-corrected chi connectivity index (χ2v) is 14.0. The van der Waals surface area contributed by atoms with Gasteiger partial charge in [-0.1, -0.05) is 26.8 Å². The first-order chi connectivity index (χ1) is 16.2. The molecule has 3 spiro atoms. The number of hydrogen-bond acceptors (Lipinski definition) is 5. The van der Waals surface area contributed by atoms with Gasteiger partial charge in [0, 0.05) is 34.9 Å². The lowest BCUT2D eigenvalue weighted by Gasteiger charge is -2.77. The molecule has 2 saturated heterocycles. The molecule has 5 nitrogen and oxygen atoms in total. The van der Waals surface area contributed by atoms with Crippen molar-refractivity contribution in [3.63, 3.8) is 0 Å². The van der Waals surface area contributed by atoms with Gasteiger partial charge in [0.15, 0.2) is 11.5 Å². The van der Waals surface area contributed by atoms with Gasteiger partial charge in [-0.05, 0) is 81.4 Å². The number of benzene rings is 1. The van der Waals surface area contributed by atoms with Crippen LogP contribution in [0.1, 0.15) is 77.3 Å². The fraction of sp³-hybridized carbons (Fsp3) is 0.793. The van der Waals surface area contributed by atoms with Gasteiger partial charge >= 0.3 is 0 Å². The quantitative estimate of drug-likeness (QED) is 0.681. The van der Waals surface area contributed by atoms with Crippen LogP contribution < -0.4 is 4.74 Å². The first kappa shape index (κ1) is 20.8. The third-order valence-corrected chi connectivity index (χ3v) is 12.1. The number of likely N-dealkylation sites (tertiary alicyclic amines) is 1. The van der Waals surface area contributed by atoms with Gasteiger partial charge in [-0.25, -0.2) is 0 Å². The Bertz CT molecular complexity index is 1090. The van der Waals surface area contributed by atoms with E-state index in [1.54, 1.807) is 0 Å². The summed E-state index contributed by atoms with van der Waals surface area (Å²) in [6, 6.07) is 4.62. The van der Waals surface area contributed by atoms with Crippen LogP contribution in [-0.4, -0.2) is 53.2 Å². The van der Waals surface area contributed by atoms with Crippen molar-refractivity contribution in [1.82, 2.24) is 4.90 Å². The van der Waals surface area contributed by atoms with E-state index in [0.29, 0.717) is 18.6 Å². The molecular formula is C29H39NO4.